The molecule has 0 rings (SSSR count). The van der Waals surface area contributed by atoms with E-state index < -0.39 is 0 Å². The zero-order chi connectivity index (χ0) is 12.2. The van der Waals surface area contributed by atoms with E-state index in [4.69, 9.17) is 5.11 Å². The second kappa shape index (κ2) is 10.4. The van der Waals surface area contributed by atoms with Gasteiger partial charge in [0.25, 0.3) is 0 Å². The van der Waals surface area contributed by atoms with Gasteiger partial charge in [-0.15, -0.1) is 0 Å². The van der Waals surface area contributed by atoms with Crippen LogP contribution in [0.5, 0.6) is 0 Å². The Labute approximate surface area is 98.2 Å². The third-order valence-corrected chi connectivity index (χ3v) is 2.22. The Kier molecular flexibility index (Phi) is 9.72. The van der Waals surface area contributed by atoms with Gasteiger partial charge in [0.05, 0.1) is 12.6 Å². The Morgan fingerprint density at radius 2 is 1.94 bits per heavy atom. The van der Waals surface area contributed by atoms with Crippen LogP contribution in [0.1, 0.15) is 39.5 Å². The number of carbonyl (C=O) groups excluding carboxylic acids is 1. The van der Waals surface area contributed by atoms with Crippen LogP contribution in [0.4, 0.5) is 0 Å². The largest absolute Gasteiger partial charge is 0.394 e. The topological polar surface area (TPSA) is 49.3 Å². The van der Waals surface area contributed by atoms with Gasteiger partial charge in [0.2, 0.25) is 5.91 Å². The van der Waals surface area contributed by atoms with Gasteiger partial charge in [-0.2, -0.15) is 0 Å². The van der Waals surface area contributed by atoms with Crippen LogP contribution in [-0.4, -0.2) is 23.7 Å². The molecule has 3 heteroatoms. The molecule has 0 bridgehead atoms. The molecule has 0 aromatic carbocycles. The fourth-order valence-electron chi connectivity index (χ4n) is 1.19. The molecule has 16 heavy (non-hydrogen) atoms. The molecule has 0 unspecified atom stereocenters. The fourth-order valence-corrected chi connectivity index (χ4v) is 1.19. The number of nitrogens with one attached hydrogen (secondary N) is 1. The Bertz CT molecular complexity index is 230. The molecule has 0 aliphatic heterocycles. The van der Waals surface area contributed by atoms with Crippen molar-refractivity contribution in [3.63, 3.8) is 0 Å². The van der Waals surface area contributed by atoms with Crippen molar-refractivity contribution in [3.8, 4) is 0 Å². The Balaban J connectivity index is 3.67. The molecule has 0 saturated carbocycles. The number of amides is 1. The highest BCUT2D eigenvalue weighted by Crippen LogP contribution is 1.94. The number of rotatable bonds is 8. The molecule has 0 spiro atoms. The molecule has 0 aliphatic carbocycles. The van der Waals surface area contributed by atoms with Crippen molar-refractivity contribution in [1.82, 2.24) is 5.32 Å². The summed E-state index contributed by atoms with van der Waals surface area (Å²) in [6, 6.07) is -0.110. The van der Waals surface area contributed by atoms with Gasteiger partial charge < -0.3 is 10.4 Å². The lowest BCUT2D eigenvalue weighted by Gasteiger charge is -2.12. The lowest BCUT2D eigenvalue weighted by atomic mass is 10.2. The first-order valence-corrected chi connectivity index (χ1v) is 5.94. The second-order valence-corrected chi connectivity index (χ2v) is 3.65. The van der Waals surface area contributed by atoms with E-state index in [2.05, 4.69) is 24.4 Å². The highest BCUT2D eigenvalue weighted by Gasteiger charge is 2.06. The van der Waals surface area contributed by atoms with E-state index in [0.29, 0.717) is 6.42 Å². The summed E-state index contributed by atoms with van der Waals surface area (Å²) in [7, 11) is 0. The van der Waals surface area contributed by atoms with Crippen LogP contribution >= 0.6 is 0 Å². The summed E-state index contributed by atoms with van der Waals surface area (Å²) < 4.78 is 0. The number of aliphatic hydroxyl groups excluding tert-OH is 1. The molecule has 3 nitrogen and oxygen atoms in total. The van der Waals surface area contributed by atoms with Crippen LogP contribution in [0.2, 0.25) is 0 Å². The lowest BCUT2D eigenvalue weighted by molar-refractivity contribution is -0.121. The number of allylic oxidation sites excluding steroid dienone is 3. The first kappa shape index (κ1) is 14.9. The maximum atomic E-state index is 11.4. The molecular weight excluding hydrogens is 202 g/mol. The predicted octanol–water partition coefficient (Wildman–Crippen LogP) is 2.18. The molecule has 0 heterocycles. The molecule has 1 atom stereocenters. The summed E-state index contributed by atoms with van der Waals surface area (Å²) in [5.41, 5.74) is 0. The predicted molar refractivity (Wildman–Crippen MR) is 67.1 cm³/mol. The fraction of sp³-hybridized carbons (Fsp3) is 0.615. The summed E-state index contributed by atoms with van der Waals surface area (Å²) in [6.07, 6.45) is 11.1. The van der Waals surface area contributed by atoms with Crippen molar-refractivity contribution in [2.45, 2.75) is 45.6 Å². The van der Waals surface area contributed by atoms with Crippen molar-refractivity contribution in [2.75, 3.05) is 6.61 Å². The van der Waals surface area contributed by atoms with Crippen molar-refractivity contribution >= 4 is 5.91 Å². The molecular formula is C13H23NO2. The van der Waals surface area contributed by atoms with Gasteiger partial charge in [-0.25, -0.2) is 0 Å². The molecule has 1 amide bonds. The van der Waals surface area contributed by atoms with Crippen molar-refractivity contribution < 1.29 is 9.90 Å². The molecule has 92 valence electrons. The Morgan fingerprint density at radius 1 is 1.25 bits per heavy atom. The van der Waals surface area contributed by atoms with Crippen LogP contribution in [0.15, 0.2) is 24.3 Å². The summed E-state index contributed by atoms with van der Waals surface area (Å²) in [6.45, 7) is 4.03. The van der Waals surface area contributed by atoms with Gasteiger partial charge in [0.15, 0.2) is 0 Å². The normalized spacial score (nSPS) is 13.4. The molecule has 0 radical (unpaired) electrons. The van der Waals surface area contributed by atoms with Crippen molar-refractivity contribution in [3.05, 3.63) is 24.3 Å². The average Bonchev–Trinajstić information content (AvgIpc) is 2.30. The van der Waals surface area contributed by atoms with Crippen LogP contribution in [0.3, 0.4) is 0 Å². The Hall–Kier alpha value is -1.09. The van der Waals surface area contributed by atoms with Crippen molar-refractivity contribution in [2.24, 2.45) is 0 Å². The molecule has 0 aromatic rings. The number of aliphatic hydroxyl groups is 1. The Morgan fingerprint density at radius 3 is 2.50 bits per heavy atom. The van der Waals surface area contributed by atoms with Gasteiger partial charge in [0, 0.05) is 6.42 Å². The monoisotopic (exact) mass is 225 g/mol. The van der Waals surface area contributed by atoms with Gasteiger partial charge >= 0.3 is 0 Å². The van der Waals surface area contributed by atoms with Crippen LogP contribution in [0.25, 0.3) is 0 Å². The van der Waals surface area contributed by atoms with E-state index in [0.717, 1.165) is 19.3 Å². The molecule has 0 aliphatic rings. The summed E-state index contributed by atoms with van der Waals surface area (Å²) >= 11 is 0. The minimum absolute atomic E-state index is 0.00515. The maximum Gasteiger partial charge on any atom is 0.224 e. The van der Waals surface area contributed by atoms with Crippen LogP contribution in [-0.2, 0) is 4.79 Å². The maximum absolute atomic E-state index is 11.4. The minimum atomic E-state index is -0.110. The van der Waals surface area contributed by atoms with Crippen LogP contribution < -0.4 is 5.32 Å². The summed E-state index contributed by atoms with van der Waals surface area (Å²) in [4.78, 5) is 11.4. The average molecular weight is 225 g/mol. The smallest absolute Gasteiger partial charge is 0.224 e. The number of hydrogen-bond acceptors (Lipinski definition) is 2. The quantitative estimate of drug-likeness (QED) is 0.622. The van der Waals surface area contributed by atoms with Crippen LogP contribution in [0, 0.1) is 0 Å². The van der Waals surface area contributed by atoms with Gasteiger partial charge in [-0.3, -0.25) is 4.79 Å². The van der Waals surface area contributed by atoms with E-state index in [1.807, 2.05) is 19.1 Å². The van der Waals surface area contributed by atoms with E-state index in [1.165, 1.54) is 0 Å². The third kappa shape index (κ3) is 8.24. The van der Waals surface area contributed by atoms with E-state index in [1.54, 1.807) is 0 Å². The molecule has 2 N–H and O–H groups in total. The van der Waals surface area contributed by atoms with E-state index >= 15 is 0 Å². The second-order valence-electron chi connectivity index (χ2n) is 3.65. The zero-order valence-electron chi connectivity index (χ0n) is 10.3. The molecule has 0 aromatic heterocycles. The third-order valence-electron chi connectivity index (χ3n) is 2.22. The number of hydrogen-bond donors (Lipinski definition) is 2. The molecule has 0 saturated heterocycles. The highest BCUT2D eigenvalue weighted by atomic mass is 16.3. The summed E-state index contributed by atoms with van der Waals surface area (Å²) in [5, 5.41) is 11.7. The lowest BCUT2D eigenvalue weighted by Crippen LogP contribution is -2.36. The minimum Gasteiger partial charge on any atom is -0.394 e. The van der Waals surface area contributed by atoms with E-state index in [9.17, 15) is 4.79 Å². The van der Waals surface area contributed by atoms with Gasteiger partial charge in [-0.1, -0.05) is 38.2 Å². The zero-order valence-corrected chi connectivity index (χ0v) is 10.3. The number of carbonyl (C=O) groups is 1. The van der Waals surface area contributed by atoms with Crippen molar-refractivity contribution in [1.29, 1.82) is 0 Å². The summed E-state index contributed by atoms with van der Waals surface area (Å²) in [5.74, 6) is -0.0309. The van der Waals surface area contributed by atoms with E-state index in [-0.39, 0.29) is 18.6 Å². The first-order valence-electron chi connectivity index (χ1n) is 5.94. The van der Waals surface area contributed by atoms with Gasteiger partial charge in [-0.05, 0) is 19.3 Å². The highest BCUT2D eigenvalue weighted by molar-refractivity contribution is 5.77. The SMILES string of the molecule is CC/C=C\C/C=C\CC(=O)N[C@H](CC)CO. The first-order chi connectivity index (χ1) is 7.74. The van der Waals surface area contributed by atoms with Gasteiger partial charge in [0.1, 0.15) is 0 Å². The standard InChI is InChI=1S/C13H23NO2/c1-3-5-6-7-8-9-10-13(16)14-12(4-2)11-15/h5-6,8-9,12,15H,3-4,7,10-11H2,1-2H3,(H,14,16)/b6-5-,9-8-/t12-/m1/s1. The molecule has 0 fully saturated rings.